The molecule has 0 radical (unpaired) electrons. The molecule has 0 spiro atoms. The lowest BCUT2D eigenvalue weighted by Gasteiger charge is -2.37. The second kappa shape index (κ2) is 11.5. The molecule has 5 nitrogen and oxygen atoms in total. The molecule has 2 heterocycles. The largest absolute Gasteiger partial charge is 0.385 e. The normalized spacial score (nSPS) is 19.8. The molecular formula is C30H41FN4O. The molecule has 0 aliphatic carbocycles. The first-order chi connectivity index (χ1) is 17.2. The number of anilines is 1. The van der Waals surface area contributed by atoms with E-state index >= 15 is 0 Å². The summed E-state index contributed by atoms with van der Waals surface area (Å²) in [6.07, 6.45) is 5.09. The Labute approximate surface area is 215 Å². The summed E-state index contributed by atoms with van der Waals surface area (Å²) in [5.41, 5.74) is 9.82. The maximum atomic E-state index is 13.9. The summed E-state index contributed by atoms with van der Waals surface area (Å²) in [6, 6.07) is 16.7. The van der Waals surface area contributed by atoms with Crippen LogP contribution in [-0.2, 0) is 4.79 Å². The van der Waals surface area contributed by atoms with Crippen LogP contribution in [0.2, 0.25) is 0 Å². The zero-order valence-electron chi connectivity index (χ0n) is 21.8. The fourth-order valence-electron chi connectivity index (χ4n) is 5.49. The van der Waals surface area contributed by atoms with Crippen LogP contribution in [0.1, 0.15) is 51.5 Å². The predicted molar refractivity (Wildman–Crippen MR) is 147 cm³/mol. The number of nitrogens with two attached hydrogens (primary N) is 1. The maximum absolute atomic E-state index is 13.9. The highest BCUT2D eigenvalue weighted by atomic mass is 19.1. The van der Waals surface area contributed by atoms with Crippen LogP contribution in [-0.4, -0.2) is 60.1 Å². The van der Waals surface area contributed by atoms with E-state index < -0.39 is 5.67 Å². The minimum absolute atomic E-state index is 0.263. The van der Waals surface area contributed by atoms with E-state index in [2.05, 4.69) is 70.2 Å². The van der Waals surface area contributed by atoms with Gasteiger partial charge in [-0.15, -0.1) is 0 Å². The van der Waals surface area contributed by atoms with Crippen molar-refractivity contribution in [2.45, 2.75) is 57.7 Å². The van der Waals surface area contributed by atoms with Crippen LogP contribution in [0, 0.1) is 5.92 Å². The molecule has 2 aliphatic rings. The van der Waals surface area contributed by atoms with E-state index in [0.717, 1.165) is 86.4 Å². The number of benzene rings is 2. The van der Waals surface area contributed by atoms with Crippen LogP contribution in [0.4, 0.5) is 10.1 Å². The van der Waals surface area contributed by atoms with E-state index in [1.165, 1.54) is 0 Å². The molecule has 3 N–H and O–H groups in total. The quantitative estimate of drug-likeness (QED) is 0.483. The van der Waals surface area contributed by atoms with E-state index in [1.807, 2.05) is 0 Å². The number of hydrogen-bond donors (Lipinski definition) is 2. The summed E-state index contributed by atoms with van der Waals surface area (Å²) in [6.45, 7) is 11.8. The standard InChI is InChI=1S/C30H41FN4O/c1-22(35-17-5-4-6-28(35)29(32)36)24-7-9-25(10-8-24)26-11-13-27(14-12-26)33-20-23-15-18-34(19-16-23)21-30(2,3)31/h7-14,23,28,33H,1,4-6,15-21H2,2-3H3,(H2,32,36). The topological polar surface area (TPSA) is 61.6 Å². The van der Waals surface area contributed by atoms with Crippen molar-refractivity contribution in [3.05, 3.63) is 60.7 Å². The van der Waals surface area contributed by atoms with Crippen LogP contribution in [0.3, 0.4) is 0 Å². The number of nitrogens with zero attached hydrogens (tertiary/aromatic N) is 2. The number of halogens is 1. The molecule has 2 aromatic rings. The van der Waals surface area contributed by atoms with E-state index in [4.69, 9.17) is 5.73 Å². The Morgan fingerprint density at radius 3 is 2.19 bits per heavy atom. The Balaban J connectivity index is 1.29. The lowest BCUT2D eigenvalue weighted by atomic mass is 9.95. The number of rotatable bonds is 9. The van der Waals surface area contributed by atoms with Crippen molar-refractivity contribution in [1.29, 1.82) is 0 Å². The molecule has 0 bridgehead atoms. The number of carbonyl (C=O) groups excluding carboxylic acids is 1. The number of alkyl halides is 1. The maximum Gasteiger partial charge on any atom is 0.240 e. The van der Waals surface area contributed by atoms with Crippen molar-refractivity contribution in [3.8, 4) is 11.1 Å². The van der Waals surface area contributed by atoms with Crippen LogP contribution >= 0.6 is 0 Å². The molecule has 2 aliphatic heterocycles. The van der Waals surface area contributed by atoms with Gasteiger partial charge in [0.2, 0.25) is 5.91 Å². The zero-order valence-corrected chi connectivity index (χ0v) is 21.8. The van der Waals surface area contributed by atoms with E-state index in [9.17, 15) is 9.18 Å². The monoisotopic (exact) mass is 492 g/mol. The molecule has 1 unspecified atom stereocenters. The third-order valence-corrected chi connectivity index (χ3v) is 7.52. The van der Waals surface area contributed by atoms with Crippen LogP contribution in [0.5, 0.6) is 0 Å². The average Bonchev–Trinajstić information content (AvgIpc) is 2.87. The molecule has 6 heteroatoms. The lowest BCUT2D eigenvalue weighted by Crippen LogP contribution is -2.46. The molecule has 4 rings (SSSR count). The van der Waals surface area contributed by atoms with E-state index in [1.54, 1.807) is 13.8 Å². The summed E-state index contributed by atoms with van der Waals surface area (Å²) in [5.74, 6) is 0.353. The van der Waals surface area contributed by atoms with Gasteiger partial charge in [0.1, 0.15) is 11.7 Å². The third kappa shape index (κ3) is 6.88. The molecule has 2 saturated heterocycles. The molecule has 0 aromatic heterocycles. The first-order valence-electron chi connectivity index (χ1n) is 13.3. The summed E-state index contributed by atoms with van der Waals surface area (Å²) >= 11 is 0. The highest BCUT2D eigenvalue weighted by Gasteiger charge is 2.28. The molecule has 0 saturated carbocycles. The van der Waals surface area contributed by atoms with Gasteiger partial charge in [-0.2, -0.15) is 0 Å². The van der Waals surface area contributed by atoms with Gasteiger partial charge < -0.3 is 20.9 Å². The molecule has 2 aromatic carbocycles. The Hall–Kier alpha value is -2.86. The lowest BCUT2D eigenvalue weighted by molar-refractivity contribution is -0.123. The van der Waals surface area contributed by atoms with Gasteiger partial charge in [0, 0.05) is 31.0 Å². The van der Waals surface area contributed by atoms with Gasteiger partial charge in [-0.3, -0.25) is 4.79 Å². The van der Waals surface area contributed by atoms with E-state index in [-0.39, 0.29) is 11.9 Å². The van der Waals surface area contributed by atoms with Gasteiger partial charge >= 0.3 is 0 Å². The van der Waals surface area contributed by atoms with Crippen molar-refractivity contribution >= 4 is 17.3 Å². The highest BCUT2D eigenvalue weighted by molar-refractivity contribution is 5.82. The number of carbonyl (C=O) groups is 1. The minimum Gasteiger partial charge on any atom is -0.385 e. The summed E-state index contributed by atoms with van der Waals surface area (Å²) < 4.78 is 13.9. The van der Waals surface area contributed by atoms with Crippen LogP contribution < -0.4 is 11.1 Å². The van der Waals surface area contributed by atoms with Gasteiger partial charge in [0.25, 0.3) is 0 Å². The predicted octanol–water partition coefficient (Wildman–Crippen LogP) is 5.54. The fourth-order valence-corrected chi connectivity index (χ4v) is 5.49. The Kier molecular flexibility index (Phi) is 8.35. The third-order valence-electron chi connectivity index (χ3n) is 7.52. The molecular weight excluding hydrogens is 451 g/mol. The van der Waals surface area contributed by atoms with Crippen LogP contribution in [0.25, 0.3) is 16.8 Å². The summed E-state index contributed by atoms with van der Waals surface area (Å²) in [5, 5.41) is 3.58. The molecule has 1 atom stereocenters. The Bertz CT molecular complexity index is 1020. The summed E-state index contributed by atoms with van der Waals surface area (Å²) in [4.78, 5) is 16.2. The average molecular weight is 493 g/mol. The molecule has 1 amide bonds. The van der Waals surface area contributed by atoms with Crippen molar-refractivity contribution < 1.29 is 9.18 Å². The van der Waals surface area contributed by atoms with Crippen molar-refractivity contribution in [1.82, 2.24) is 9.80 Å². The fraction of sp³-hybridized carbons (Fsp3) is 0.500. The van der Waals surface area contributed by atoms with Gasteiger partial charge in [0.15, 0.2) is 0 Å². The van der Waals surface area contributed by atoms with Gasteiger partial charge in [-0.25, -0.2) is 4.39 Å². The smallest absolute Gasteiger partial charge is 0.240 e. The second-order valence-electron chi connectivity index (χ2n) is 11.0. The van der Waals surface area contributed by atoms with Gasteiger partial charge in [-0.05, 0) is 93.8 Å². The first kappa shape index (κ1) is 26.2. The molecule has 194 valence electrons. The van der Waals surface area contributed by atoms with Crippen molar-refractivity contribution in [2.75, 3.05) is 38.0 Å². The number of hydrogen-bond acceptors (Lipinski definition) is 4. The number of piperidine rings is 2. The second-order valence-corrected chi connectivity index (χ2v) is 11.0. The molecule has 2 fully saturated rings. The van der Waals surface area contributed by atoms with E-state index in [0.29, 0.717) is 12.5 Å². The molecule has 36 heavy (non-hydrogen) atoms. The first-order valence-corrected chi connectivity index (χ1v) is 13.3. The Morgan fingerprint density at radius 1 is 1.00 bits per heavy atom. The number of likely N-dealkylation sites (tertiary alicyclic amines) is 2. The van der Waals surface area contributed by atoms with Gasteiger partial charge in [0.05, 0.1) is 0 Å². The number of primary amides is 1. The Morgan fingerprint density at radius 2 is 1.61 bits per heavy atom. The SMILES string of the molecule is C=C(c1ccc(-c2ccc(NCC3CCN(CC(C)(C)F)CC3)cc2)cc1)N1CCCCC1C(N)=O. The van der Waals surface area contributed by atoms with Crippen molar-refractivity contribution in [2.24, 2.45) is 11.7 Å². The van der Waals surface area contributed by atoms with Crippen LogP contribution in [0.15, 0.2) is 55.1 Å². The summed E-state index contributed by atoms with van der Waals surface area (Å²) in [7, 11) is 0. The van der Waals surface area contributed by atoms with Crippen molar-refractivity contribution in [3.63, 3.8) is 0 Å². The number of nitrogens with one attached hydrogen (secondary N) is 1. The van der Waals surface area contributed by atoms with Gasteiger partial charge in [-0.1, -0.05) is 43.0 Å². The minimum atomic E-state index is -1.12. The highest BCUT2D eigenvalue weighted by Crippen LogP contribution is 2.29. The zero-order chi connectivity index (χ0) is 25.7. The number of amides is 1.